The number of ether oxygens (including phenoxy) is 2. The molecule has 0 N–H and O–H groups in total. The van der Waals surface area contributed by atoms with Gasteiger partial charge in [-0.05, 0) is 44.7 Å². The second kappa shape index (κ2) is 6.67. The first-order valence-electron chi connectivity index (χ1n) is 7.13. The van der Waals surface area contributed by atoms with Gasteiger partial charge in [0.25, 0.3) is 0 Å². The van der Waals surface area contributed by atoms with E-state index in [1.165, 1.54) is 32.1 Å². The highest BCUT2D eigenvalue weighted by Gasteiger charge is 2.14. The first-order chi connectivity index (χ1) is 8.74. The Hall–Kier alpha value is -1.18. The Bertz CT molecular complexity index is 354. The van der Waals surface area contributed by atoms with E-state index >= 15 is 0 Å². The molecule has 0 spiro atoms. The van der Waals surface area contributed by atoms with Crippen molar-refractivity contribution in [2.75, 3.05) is 6.61 Å². The van der Waals surface area contributed by atoms with Crippen molar-refractivity contribution in [1.29, 1.82) is 0 Å². The smallest absolute Gasteiger partial charge is 0.123 e. The molecule has 0 aliphatic heterocycles. The van der Waals surface area contributed by atoms with Gasteiger partial charge in [0.1, 0.15) is 11.5 Å². The third-order valence-corrected chi connectivity index (χ3v) is 3.39. The third kappa shape index (κ3) is 4.25. The van der Waals surface area contributed by atoms with Crippen LogP contribution < -0.4 is 9.47 Å². The Labute approximate surface area is 110 Å². The van der Waals surface area contributed by atoms with Crippen LogP contribution in [0.1, 0.15) is 46.0 Å². The molecule has 0 radical (unpaired) electrons. The summed E-state index contributed by atoms with van der Waals surface area (Å²) in [6, 6.07) is 7.97. The fraction of sp³-hybridized carbons (Fsp3) is 0.625. The molecule has 1 aromatic rings. The minimum Gasteiger partial charge on any atom is -0.493 e. The van der Waals surface area contributed by atoms with Gasteiger partial charge in [-0.2, -0.15) is 0 Å². The van der Waals surface area contributed by atoms with Crippen LogP contribution in [-0.4, -0.2) is 12.7 Å². The summed E-state index contributed by atoms with van der Waals surface area (Å²) in [5.41, 5.74) is 0. The summed E-state index contributed by atoms with van der Waals surface area (Å²) in [6.07, 6.45) is 6.98. The van der Waals surface area contributed by atoms with Gasteiger partial charge in [0.2, 0.25) is 0 Å². The fourth-order valence-corrected chi connectivity index (χ4v) is 2.48. The Balaban J connectivity index is 1.84. The molecule has 1 fully saturated rings. The highest BCUT2D eigenvalue weighted by molar-refractivity contribution is 5.33. The van der Waals surface area contributed by atoms with Crippen molar-refractivity contribution in [3.63, 3.8) is 0 Å². The fourth-order valence-electron chi connectivity index (χ4n) is 2.48. The van der Waals surface area contributed by atoms with Crippen molar-refractivity contribution >= 4 is 0 Å². The van der Waals surface area contributed by atoms with Crippen LogP contribution in [0.2, 0.25) is 0 Å². The number of hydrogen-bond donors (Lipinski definition) is 0. The molecule has 0 bridgehead atoms. The molecule has 0 saturated heterocycles. The van der Waals surface area contributed by atoms with Crippen molar-refractivity contribution in [3.05, 3.63) is 24.3 Å². The van der Waals surface area contributed by atoms with Gasteiger partial charge < -0.3 is 9.47 Å². The average molecular weight is 248 g/mol. The highest BCUT2D eigenvalue weighted by Crippen LogP contribution is 2.26. The topological polar surface area (TPSA) is 18.5 Å². The highest BCUT2D eigenvalue weighted by atomic mass is 16.5. The van der Waals surface area contributed by atoms with Gasteiger partial charge in [-0.3, -0.25) is 0 Å². The quantitative estimate of drug-likeness (QED) is 0.767. The Kier molecular flexibility index (Phi) is 4.91. The summed E-state index contributed by atoms with van der Waals surface area (Å²) in [5, 5.41) is 0. The maximum atomic E-state index is 5.89. The lowest BCUT2D eigenvalue weighted by Gasteiger charge is -2.21. The van der Waals surface area contributed by atoms with Crippen molar-refractivity contribution in [2.45, 2.75) is 52.1 Å². The van der Waals surface area contributed by atoms with E-state index in [1.807, 2.05) is 38.1 Å². The van der Waals surface area contributed by atoms with E-state index in [-0.39, 0.29) is 6.10 Å². The minimum absolute atomic E-state index is 0.207. The van der Waals surface area contributed by atoms with Crippen molar-refractivity contribution in [1.82, 2.24) is 0 Å². The summed E-state index contributed by atoms with van der Waals surface area (Å²) in [7, 11) is 0. The summed E-state index contributed by atoms with van der Waals surface area (Å²) in [4.78, 5) is 0. The second-order valence-corrected chi connectivity index (χ2v) is 5.46. The van der Waals surface area contributed by atoms with Gasteiger partial charge in [0.15, 0.2) is 0 Å². The van der Waals surface area contributed by atoms with Gasteiger partial charge in [0.05, 0.1) is 12.7 Å². The Morgan fingerprint density at radius 3 is 2.56 bits per heavy atom. The van der Waals surface area contributed by atoms with E-state index < -0.39 is 0 Å². The van der Waals surface area contributed by atoms with E-state index in [9.17, 15) is 0 Å². The zero-order chi connectivity index (χ0) is 12.8. The van der Waals surface area contributed by atoms with Crippen LogP contribution in [-0.2, 0) is 0 Å². The first-order valence-corrected chi connectivity index (χ1v) is 7.13. The molecule has 1 aliphatic carbocycles. The van der Waals surface area contributed by atoms with Gasteiger partial charge in [-0.15, -0.1) is 0 Å². The van der Waals surface area contributed by atoms with Crippen LogP contribution in [0.15, 0.2) is 24.3 Å². The molecule has 0 amide bonds. The molecule has 0 heterocycles. The predicted octanol–water partition coefficient (Wildman–Crippen LogP) is 4.43. The summed E-state index contributed by atoms with van der Waals surface area (Å²) >= 11 is 0. The van der Waals surface area contributed by atoms with Crippen LogP contribution in [0.4, 0.5) is 0 Å². The lowest BCUT2D eigenvalue weighted by molar-refractivity contribution is 0.206. The molecular weight excluding hydrogens is 224 g/mol. The van der Waals surface area contributed by atoms with E-state index in [4.69, 9.17) is 9.47 Å². The standard InChI is InChI=1S/C16H24O2/c1-13(2)18-16-10-6-9-15(11-16)17-12-14-7-4-3-5-8-14/h6,9-11,13-14H,3-5,7-8,12H2,1-2H3. The number of rotatable bonds is 5. The molecule has 2 nitrogen and oxygen atoms in total. The summed E-state index contributed by atoms with van der Waals surface area (Å²) in [6.45, 7) is 4.93. The molecule has 0 atom stereocenters. The van der Waals surface area contributed by atoms with Crippen LogP contribution >= 0.6 is 0 Å². The molecule has 1 aromatic carbocycles. The maximum absolute atomic E-state index is 5.89. The van der Waals surface area contributed by atoms with Gasteiger partial charge >= 0.3 is 0 Å². The maximum Gasteiger partial charge on any atom is 0.123 e. The predicted molar refractivity (Wildman–Crippen MR) is 74.3 cm³/mol. The number of benzene rings is 1. The van der Waals surface area contributed by atoms with E-state index in [0.29, 0.717) is 0 Å². The normalized spacial score (nSPS) is 16.8. The van der Waals surface area contributed by atoms with Gasteiger partial charge in [-0.1, -0.05) is 25.3 Å². The summed E-state index contributed by atoms with van der Waals surface area (Å²) < 4.78 is 11.6. The lowest BCUT2D eigenvalue weighted by atomic mass is 9.90. The van der Waals surface area contributed by atoms with Crippen LogP contribution in [0.5, 0.6) is 11.5 Å². The van der Waals surface area contributed by atoms with Crippen LogP contribution in [0.25, 0.3) is 0 Å². The van der Waals surface area contributed by atoms with E-state index in [2.05, 4.69) is 0 Å². The van der Waals surface area contributed by atoms with Crippen molar-refractivity contribution in [3.8, 4) is 11.5 Å². The molecule has 2 heteroatoms. The third-order valence-electron chi connectivity index (χ3n) is 3.39. The molecule has 0 aromatic heterocycles. The molecule has 100 valence electrons. The van der Waals surface area contributed by atoms with Gasteiger partial charge in [-0.25, -0.2) is 0 Å². The van der Waals surface area contributed by atoms with E-state index in [0.717, 1.165) is 24.0 Å². The average Bonchev–Trinajstić information content (AvgIpc) is 2.37. The number of hydrogen-bond acceptors (Lipinski definition) is 2. The lowest BCUT2D eigenvalue weighted by Crippen LogP contribution is -2.15. The molecule has 18 heavy (non-hydrogen) atoms. The molecular formula is C16H24O2. The Morgan fingerprint density at radius 1 is 1.11 bits per heavy atom. The minimum atomic E-state index is 0.207. The monoisotopic (exact) mass is 248 g/mol. The summed E-state index contributed by atoms with van der Waals surface area (Å²) in [5.74, 6) is 2.57. The molecule has 2 rings (SSSR count). The van der Waals surface area contributed by atoms with Crippen molar-refractivity contribution in [2.24, 2.45) is 5.92 Å². The zero-order valence-electron chi connectivity index (χ0n) is 11.5. The Morgan fingerprint density at radius 2 is 1.83 bits per heavy atom. The van der Waals surface area contributed by atoms with Gasteiger partial charge in [0, 0.05) is 6.07 Å². The van der Waals surface area contributed by atoms with Crippen molar-refractivity contribution < 1.29 is 9.47 Å². The molecule has 0 unspecified atom stereocenters. The van der Waals surface area contributed by atoms with E-state index in [1.54, 1.807) is 0 Å². The largest absolute Gasteiger partial charge is 0.493 e. The molecule has 1 saturated carbocycles. The SMILES string of the molecule is CC(C)Oc1cccc(OCC2CCCCC2)c1. The van der Waals surface area contributed by atoms with Crippen LogP contribution in [0.3, 0.4) is 0 Å². The van der Waals surface area contributed by atoms with Crippen LogP contribution in [0, 0.1) is 5.92 Å². The molecule has 1 aliphatic rings. The zero-order valence-corrected chi connectivity index (χ0v) is 11.5. The second-order valence-electron chi connectivity index (χ2n) is 5.46. The first kappa shape index (κ1) is 13.3.